The zero-order chi connectivity index (χ0) is 15.6. The van der Waals surface area contributed by atoms with Crippen molar-refractivity contribution in [1.82, 2.24) is 4.90 Å². The largest absolute Gasteiger partial charge is 0.480 e. The number of aliphatic carboxylic acids is 1. The van der Waals surface area contributed by atoms with Crippen molar-refractivity contribution in [3.05, 3.63) is 34.1 Å². The Bertz CT molecular complexity index is 566. The summed E-state index contributed by atoms with van der Waals surface area (Å²) in [5.41, 5.74) is 0.505. The molecular formula is C14H15BrFNO4. The Hall–Kier alpha value is -1.47. The lowest BCUT2D eigenvalue weighted by Gasteiger charge is -2.21. The van der Waals surface area contributed by atoms with Gasteiger partial charge >= 0.3 is 5.97 Å². The highest BCUT2D eigenvalue weighted by atomic mass is 79.9. The lowest BCUT2D eigenvalue weighted by Crippen LogP contribution is -2.41. The number of rotatable bonds is 4. The van der Waals surface area contributed by atoms with Gasteiger partial charge in [-0.3, -0.25) is 4.79 Å². The van der Waals surface area contributed by atoms with Crippen LogP contribution in [0.1, 0.15) is 12.0 Å². The fraction of sp³-hybridized carbons (Fsp3) is 0.429. The number of carboxylic acid groups (broad SMARTS) is 1. The first kappa shape index (κ1) is 15.9. The monoisotopic (exact) mass is 359 g/mol. The number of methoxy groups -OCH3 is 1. The zero-order valence-electron chi connectivity index (χ0n) is 11.4. The lowest BCUT2D eigenvalue weighted by molar-refractivity contribution is -0.148. The van der Waals surface area contributed by atoms with Crippen molar-refractivity contribution < 1.29 is 23.8 Å². The van der Waals surface area contributed by atoms with Crippen LogP contribution in [0, 0.1) is 5.82 Å². The van der Waals surface area contributed by atoms with Crippen LogP contribution in [0.5, 0.6) is 0 Å². The van der Waals surface area contributed by atoms with Crippen LogP contribution in [0.15, 0.2) is 22.7 Å². The molecule has 2 atom stereocenters. The predicted molar refractivity (Wildman–Crippen MR) is 76.4 cm³/mol. The predicted octanol–water partition coefficient (Wildman–Crippen LogP) is 1.83. The van der Waals surface area contributed by atoms with Gasteiger partial charge in [-0.25, -0.2) is 9.18 Å². The number of nitrogens with zero attached hydrogens (tertiary/aromatic N) is 1. The van der Waals surface area contributed by atoms with Crippen molar-refractivity contribution >= 4 is 27.8 Å². The van der Waals surface area contributed by atoms with E-state index in [1.807, 2.05) is 0 Å². The molecule has 1 amide bonds. The summed E-state index contributed by atoms with van der Waals surface area (Å²) in [7, 11) is 1.49. The molecule has 1 aliphatic heterocycles. The quantitative estimate of drug-likeness (QED) is 0.890. The minimum Gasteiger partial charge on any atom is -0.480 e. The molecule has 0 saturated carbocycles. The molecule has 1 saturated heterocycles. The number of benzene rings is 1. The molecule has 0 radical (unpaired) electrons. The maximum Gasteiger partial charge on any atom is 0.326 e. The third-order valence-corrected chi connectivity index (χ3v) is 4.18. The first-order valence-corrected chi connectivity index (χ1v) is 7.20. The highest BCUT2D eigenvalue weighted by molar-refractivity contribution is 9.10. The van der Waals surface area contributed by atoms with E-state index >= 15 is 0 Å². The van der Waals surface area contributed by atoms with Crippen LogP contribution >= 0.6 is 15.9 Å². The number of hydrogen-bond donors (Lipinski definition) is 1. The summed E-state index contributed by atoms with van der Waals surface area (Å²) in [5, 5.41) is 9.18. The first-order chi connectivity index (χ1) is 9.92. The van der Waals surface area contributed by atoms with E-state index in [9.17, 15) is 19.1 Å². The van der Waals surface area contributed by atoms with Gasteiger partial charge in [0, 0.05) is 20.1 Å². The molecule has 1 heterocycles. The van der Waals surface area contributed by atoms with E-state index in [2.05, 4.69) is 15.9 Å². The average molecular weight is 360 g/mol. The molecule has 0 bridgehead atoms. The number of amides is 1. The van der Waals surface area contributed by atoms with Crippen LogP contribution in [0.25, 0.3) is 0 Å². The van der Waals surface area contributed by atoms with Crippen molar-refractivity contribution in [1.29, 1.82) is 0 Å². The molecule has 1 N–H and O–H groups in total. The number of hydrogen-bond acceptors (Lipinski definition) is 3. The van der Waals surface area contributed by atoms with E-state index in [-0.39, 0.29) is 31.4 Å². The molecule has 0 aliphatic carbocycles. The second-order valence-electron chi connectivity index (χ2n) is 4.92. The van der Waals surface area contributed by atoms with Crippen molar-refractivity contribution in [2.75, 3.05) is 13.7 Å². The van der Waals surface area contributed by atoms with E-state index in [0.29, 0.717) is 10.0 Å². The molecule has 2 unspecified atom stereocenters. The number of likely N-dealkylation sites (tertiary alicyclic amines) is 1. The molecule has 1 aromatic rings. The maximum absolute atomic E-state index is 13.4. The minimum absolute atomic E-state index is 0.0373. The van der Waals surface area contributed by atoms with Gasteiger partial charge in [0.1, 0.15) is 11.9 Å². The highest BCUT2D eigenvalue weighted by Crippen LogP contribution is 2.22. The molecular weight excluding hydrogens is 345 g/mol. The van der Waals surface area contributed by atoms with Crippen LogP contribution in [0.2, 0.25) is 0 Å². The Kier molecular flexibility index (Phi) is 4.95. The van der Waals surface area contributed by atoms with Gasteiger partial charge in [-0.2, -0.15) is 0 Å². The molecule has 1 fully saturated rings. The molecule has 5 nitrogen and oxygen atoms in total. The van der Waals surface area contributed by atoms with Crippen LogP contribution in [-0.2, 0) is 20.7 Å². The smallest absolute Gasteiger partial charge is 0.326 e. The summed E-state index contributed by atoms with van der Waals surface area (Å²) < 4.78 is 18.9. The van der Waals surface area contributed by atoms with E-state index in [1.54, 1.807) is 6.07 Å². The van der Waals surface area contributed by atoms with Crippen molar-refractivity contribution in [3.63, 3.8) is 0 Å². The topological polar surface area (TPSA) is 66.8 Å². The fourth-order valence-corrected chi connectivity index (χ4v) is 2.65. The summed E-state index contributed by atoms with van der Waals surface area (Å²) in [6, 6.07) is 3.53. The summed E-state index contributed by atoms with van der Waals surface area (Å²) in [6.07, 6.45) is -0.0480. The summed E-state index contributed by atoms with van der Waals surface area (Å²) >= 11 is 3.04. The Balaban J connectivity index is 2.11. The molecule has 2 rings (SSSR count). The van der Waals surface area contributed by atoms with Crippen molar-refractivity contribution in [2.24, 2.45) is 0 Å². The number of carbonyl (C=O) groups excluding carboxylic acids is 1. The van der Waals surface area contributed by atoms with Gasteiger partial charge in [0.2, 0.25) is 5.91 Å². The van der Waals surface area contributed by atoms with Gasteiger partial charge in [-0.1, -0.05) is 6.07 Å². The molecule has 7 heteroatoms. The third kappa shape index (κ3) is 3.59. The van der Waals surface area contributed by atoms with Crippen LogP contribution < -0.4 is 0 Å². The SMILES string of the molecule is COC1CC(C(=O)O)N(C(=O)Cc2ccc(Br)c(F)c2)C1. The summed E-state index contributed by atoms with van der Waals surface area (Å²) in [5.74, 6) is -1.85. The molecule has 1 aliphatic rings. The number of carbonyl (C=O) groups is 2. The summed E-state index contributed by atoms with van der Waals surface area (Å²) in [4.78, 5) is 24.8. The molecule has 114 valence electrons. The standard InChI is InChI=1S/C14H15BrFNO4/c1-21-9-6-12(14(19)20)17(7-9)13(18)5-8-2-3-10(15)11(16)4-8/h2-4,9,12H,5-7H2,1H3,(H,19,20). The lowest BCUT2D eigenvalue weighted by atomic mass is 10.1. The van der Waals surface area contributed by atoms with Crippen LogP contribution in [0.3, 0.4) is 0 Å². The summed E-state index contributed by atoms with van der Waals surface area (Å²) in [6.45, 7) is 0.241. The van der Waals surface area contributed by atoms with E-state index in [0.717, 1.165) is 0 Å². The number of halogens is 2. The van der Waals surface area contributed by atoms with E-state index in [1.165, 1.54) is 24.1 Å². The van der Waals surface area contributed by atoms with Crippen LogP contribution in [0.4, 0.5) is 4.39 Å². The van der Waals surface area contributed by atoms with Crippen molar-refractivity contribution in [2.45, 2.75) is 25.0 Å². The molecule has 0 aromatic heterocycles. The number of carboxylic acids is 1. The molecule has 21 heavy (non-hydrogen) atoms. The van der Waals surface area contributed by atoms with Gasteiger partial charge < -0.3 is 14.7 Å². The van der Waals surface area contributed by atoms with E-state index < -0.39 is 17.8 Å². The molecule has 1 aromatic carbocycles. The maximum atomic E-state index is 13.4. The Morgan fingerprint density at radius 2 is 2.24 bits per heavy atom. The Morgan fingerprint density at radius 3 is 2.81 bits per heavy atom. The molecule has 0 spiro atoms. The fourth-order valence-electron chi connectivity index (χ4n) is 2.40. The second-order valence-corrected chi connectivity index (χ2v) is 5.77. The van der Waals surface area contributed by atoms with E-state index in [4.69, 9.17) is 4.74 Å². The second kappa shape index (κ2) is 6.53. The minimum atomic E-state index is -1.05. The van der Waals surface area contributed by atoms with Gasteiger partial charge in [-0.05, 0) is 33.6 Å². The average Bonchev–Trinajstić information content (AvgIpc) is 2.87. The van der Waals surface area contributed by atoms with Gasteiger partial charge in [-0.15, -0.1) is 0 Å². The highest BCUT2D eigenvalue weighted by Gasteiger charge is 2.39. The van der Waals surface area contributed by atoms with Gasteiger partial charge in [0.25, 0.3) is 0 Å². The van der Waals surface area contributed by atoms with Gasteiger partial charge in [0.05, 0.1) is 17.0 Å². The normalized spacial score (nSPS) is 21.6. The Morgan fingerprint density at radius 1 is 1.52 bits per heavy atom. The zero-order valence-corrected chi connectivity index (χ0v) is 13.0. The Labute approximate surface area is 129 Å². The van der Waals surface area contributed by atoms with Gasteiger partial charge in [0.15, 0.2) is 0 Å². The first-order valence-electron chi connectivity index (χ1n) is 6.41. The van der Waals surface area contributed by atoms with Crippen molar-refractivity contribution in [3.8, 4) is 0 Å². The third-order valence-electron chi connectivity index (χ3n) is 3.54. The van der Waals surface area contributed by atoms with Crippen LogP contribution in [-0.4, -0.2) is 47.7 Å². The number of ether oxygens (including phenoxy) is 1.